The number of benzene rings is 2. The second-order valence-electron chi connectivity index (χ2n) is 7.01. The lowest BCUT2D eigenvalue weighted by molar-refractivity contribution is -0.147. The van der Waals surface area contributed by atoms with E-state index in [9.17, 15) is 14.4 Å². The maximum absolute atomic E-state index is 12.8. The average Bonchev–Trinajstić information content (AvgIpc) is 3.27. The third-order valence-electron chi connectivity index (χ3n) is 4.55. The first-order valence-corrected chi connectivity index (χ1v) is 10.4. The minimum absolute atomic E-state index is 0.0516. The van der Waals surface area contributed by atoms with E-state index in [2.05, 4.69) is 10.3 Å². The van der Waals surface area contributed by atoms with Crippen molar-refractivity contribution in [3.05, 3.63) is 87.9 Å². The van der Waals surface area contributed by atoms with Crippen LogP contribution in [0, 0.1) is 0 Å². The molecule has 7 nitrogen and oxygen atoms in total. The summed E-state index contributed by atoms with van der Waals surface area (Å²) in [5.41, 5.74) is 0.185. The predicted molar refractivity (Wildman–Crippen MR) is 116 cm³/mol. The van der Waals surface area contributed by atoms with Crippen molar-refractivity contribution in [2.75, 3.05) is 7.11 Å². The van der Waals surface area contributed by atoms with Crippen LogP contribution in [0.25, 0.3) is 0 Å². The first-order valence-electron chi connectivity index (χ1n) is 9.53. The Labute approximate surface area is 184 Å². The van der Waals surface area contributed by atoms with Gasteiger partial charge < -0.3 is 14.8 Å². The number of rotatable bonds is 8. The molecule has 8 heteroatoms. The molecule has 0 saturated carbocycles. The molecule has 0 saturated heterocycles. The number of nitrogens with one attached hydrogen (secondary N) is 1. The summed E-state index contributed by atoms with van der Waals surface area (Å²) in [6.07, 6.45) is 0.262. The van der Waals surface area contributed by atoms with Gasteiger partial charge in [0.25, 0.3) is 5.91 Å². The summed E-state index contributed by atoms with van der Waals surface area (Å²) in [6, 6.07) is 17.9. The van der Waals surface area contributed by atoms with Crippen molar-refractivity contribution in [3.63, 3.8) is 0 Å². The minimum Gasteiger partial charge on any atom is -0.467 e. The first-order chi connectivity index (χ1) is 14.9. The largest absolute Gasteiger partial charge is 0.467 e. The van der Waals surface area contributed by atoms with Crippen molar-refractivity contribution in [2.45, 2.75) is 25.5 Å². The van der Waals surface area contributed by atoms with E-state index in [1.807, 2.05) is 36.4 Å². The Kier molecular flexibility index (Phi) is 7.15. The highest BCUT2D eigenvalue weighted by Crippen LogP contribution is 2.18. The predicted octanol–water partition coefficient (Wildman–Crippen LogP) is 3.40. The molecule has 0 aliphatic rings. The van der Waals surface area contributed by atoms with E-state index < -0.39 is 23.4 Å². The Morgan fingerprint density at radius 1 is 1.03 bits per heavy atom. The number of thiazole rings is 1. The quantitative estimate of drug-likeness (QED) is 0.542. The number of methoxy groups -OCH3 is 1. The first kappa shape index (κ1) is 22.2. The van der Waals surface area contributed by atoms with E-state index in [0.29, 0.717) is 10.6 Å². The number of carbonyl (C=O) groups excluding carboxylic acids is 3. The second-order valence-corrected chi connectivity index (χ2v) is 7.95. The van der Waals surface area contributed by atoms with Gasteiger partial charge in [-0.2, -0.15) is 0 Å². The molecule has 1 heterocycles. The number of ether oxygens (including phenoxy) is 2. The Morgan fingerprint density at radius 2 is 1.68 bits per heavy atom. The molecule has 0 aliphatic heterocycles. The zero-order chi connectivity index (χ0) is 22.3. The van der Waals surface area contributed by atoms with E-state index >= 15 is 0 Å². The van der Waals surface area contributed by atoms with E-state index in [1.165, 1.54) is 18.4 Å². The van der Waals surface area contributed by atoms with E-state index in [-0.39, 0.29) is 18.7 Å². The van der Waals surface area contributed by atoms with Crippen LogP contribution in [-0.2, 0) is 27.3 Å². The molecule has 0 aliphatic carbocycles. The molecule has 1 aromatic heterocycles. The normalized spacial score (nSPS) is 12.5. The summed E-state index contributed by atoms with van der Waals surface area (Å²) in [6.45, 7) is 1.56. The minimum atomic E-state index is -1.27. The number of esters is 2. The van der Waals surface area contributed by atoms with Crippen LogP contribution < -0.4 is 5.32 Å². The second kappa shape index (κ2) is 9.99. The van der Waals surface area contributed by atoms with Crippen molar-refractivity contribution < 1.29 is 23.9 Å². The number of aromatic nitrogens is 1. The van der Waals surface area contributed by atoms with Gasteiger partial charge in [-0.15, -0.1) is 11.3 Å². The lowest BCUT2D eigenvalue weighted by atomic mass is 9.92. The molecule has 2 aromatic carbocycles. The topological polar surface area (TPSA) is 94.6 Å². The summed E-state index contributed by atoms with van der Waals surface area (Å²) in [7, 11) is 1.28. The SMILES string of the molecule is COC(=O)C(C)(Cc1ccccc1)NC(=O)c1csc(COC(=O)c2ccccc2)n1. The van der Waals surface area contributed by atoms with Gasteiger partial charge in [-0.1, -0.05) is 48.5 Å². The Morgan fingerprint density at radius 3 is 2.32 bits per heavy atom. The van der Waals surface area contributed by atoms with Crippen molar-refractivity contribution in [3.8, 4) is 0 Å². The highest BCUT2D eigenvalue weighted by Gasteiger charge is 2.37. The summed E-state index contributed by atoms with van der Waals surface area (Å²) < 4.78 is 10.2. The van der Waals surface area contributed by atoms with Crippen LogP contribution in [-0.4, -0.2) is 35.5 Å². The molecular formula is C23H22N2O5S. The third-order valence-corrected chi connectivity index (χ3v) is 5.37. The number of hydrogen-bond donors (Lipinski definition) is 1. The summed E-state index contributed by atoms with van der Waals surface area (Å²) in [4.78, 5) is 41.5. The zero-order valence-electron chi connectivity index (χ0n) is 17.2. The molecule has 3 rings (SSSR count). The summed E-state index contributed by atoms with van der Waals surface area (Å²) in [5, 5.41) is 4.76. The molecule has 160 valence electrons. The standard InChI is InChI=1S/C23H22N2O5S/c1-23(22(28)29-2,13-16-9-5-3-6-10-16)25-20(26)18-15-31-19(24-18)14-30-21(27)17-11-7-4-8-12-17/h3-12,15H,13-14H2,1-2H3,(H,25,26). The van der Waals surface area contributed by atoms with E-state index in [4.69, 9.17) is 9.47 Å². The molecule has 1 atom stereocenters. The van der Waals surface area contributed by atoms with E-state index in [1.54, 1.807) is 36.6 Å². The molecule has 1 N–H and O–H groups in total. The lowest BCUT2D eigenvalue weighted by Gasteiger charge is -2.27. The highest BCUT2D eigenvalue weighted by atomic mass is 32.1. The van der Waals surface area contributed by atoms with Crippen molar-refractivity contribution in [1.29, 1.82) is 0 Å². The molecule has 0 spiro atoms. The van der Waals surface area contributed by atoms with Gasteiger partial charge in [-0.05, 0) is 24.6 Å². The average molecular weight is 439 g/mol. The number of hydrogen-bond acceptors (Lipinski definition) is 7. The van der Waals surface area contributed by atoms with Gasteiger partial charge in [0.2, 0.25) is 0 Å². The van der Waals surface area contributed by atoms with Crippen molar-refractivity contribution in [2.24, 2.45) is 0 Å². The number of nitrogens with zero attached hydrogens (tertiary/aromatic N) is 1. The van der Waals surface area contributed by atoms with Gasteiger partial charge in [-0.25, -0.2) is 14.6 Å². The zero-order valence-corrected chi connectivity index (χ0v) is 18.0. The fourth-order valence-corrected chi connectivity index (χ4v) is 3.66. The Balaban J connectivity index is 1.65. The van der Waals surface area contributed by atoms with Crippen LogP contribution >= 0.6 is 11.3 Å². The fourth-order valence-electron chi connectivity index (χ4n) is 2.98. The summed E-state index contributed by atoms with van der Waals surface area (Å²) in [5.74, 6) is -1.54. The van der Waals surface area contributed by atoms with Crippen LogP contribution in [0.5, 0.6) is 0 Å². The number of amides is 1. The third kappa shape index (κ3) is 5.76. The van der Waals surface area contributed by atoms with Crippen molar-refractivity contribution in [1.82, 2.24) is 10.3 Å². The highest BCUT2D eigenvalue weighted by molar-refractivity contribution is 7.09. The van der Waals surface area contributed by atoms with Crippen LogP contribution in [0.1, 0.15) is 38.3 Å². The fraction of sp³-hybridized carbons (Fsp3) is 0.217. The Hall–Kier alpha value is -3.52. The van der Waals surface area contributed by atoms with Gasteiger partial charge in [0.15, 0.2) is 0 Å². The molecule has 0 radical (unpaired) electrons. The van der Waals surface area contributed by atoms with E-state index in [0.717, 1.165) is 5.56 Å². The van der Waals surface area contributed by atoms with Crippen LogP contribution in [0.15, 0.2) is 66.0 Å². The lowest BCUT2D eigenvalue weighted by Crippen LogP contribution is -2.54. The van der Waals surface area contributed by atoms with Crippen LogP contribution in [0.4, 0.5) is 0 Å². The molecule has 31 heavy (non-hydrogen) atoms. The monoisotopic (exact) mass is 438 g/mol. The van der Waals surface area contributed by atoms with Crippen LogP contribution in [0.2, 0.25) is 0 Å². The van der Waals surface area contributed by atoms with Gasteiger partial charge in [0.05, 0.1) is 12.7 Å². The molecule has 0 fully saturated rings. The maximum atomic E-state index is 12.8. The molecule has 3 aromatic rings. The molecular weight excluding hydrogens is 416 g/mol. The van der Waals surface area contributed by atoms with Gasteiger partial charge >= 0.3 is 11.9 Å². The van der Waals surface area contributed by atoms with Gasteiger partial charge in [0, 0.05) is 11.8 Å². The maximum Gasteiger partial charge on any atom is 0.338 e. The van der Waals surface area contributed by atoms with Crippen LogP contribution in [0.3, 0.4) is 0 Å². The van der Waals surface area contributed by atoms with Gasteiger partial charge in [-0.3, -0.25) is 4.79 Å². The Bertz CT molecular complexity index is 1050. The summed E-state index contributed by atoms with van der Waals surface area (Å²) >= 11 is 1.19. The van der Waals surface area contributed by atoms with Crippen molar-refractivity contribution >= 4 is 29.2 Å². The molecule has 1 amide bonds. The van der Waals surface area contributed by atoms with Gasteiger partial charge in [0.1, 0.15) is 22.8 Å². The smallest absolute Gasteiger partial charge is 0.338 e. The number of carbonyl (C=O) groups is 3. The molecule has 1 unspecified atom stereocenters. The molecule has 0 bridgehead atoms.